The van der Waals surface area contributed by atoms with Gasteiger partial charge in [0.2, 0.25) is 0 Å². The maximum atomic E-state index is 10.3. The van der Waals surface area contributed by atoms with Gasteiger partial charge in [-0.3, -0.25) is 0 Å². The number of nitrogens with zero attached hydrogens (tertiary/aromatic N) is 1. The molecule has 0 aliphatic heterocycles. The number of benzene rings is 1. The molecule has 0 aromatic heterocycles. The molecule has 1 aliphatic rings. The summed E-state index contributed by atoms with van der Waals surface area (Å²) in [5.41, 5.74) is -0.507. The highest BCUT2D eigenvalue weighted by Crippen LogP contribution is 2.30. The minimum absolute atomic E-state index is 0.507. The van der Waals surface area contributed by atoms with E-state index >= 15 is 0 Å². The molecule has 0 saturated heterocycles. The molecule has 20 heavy (non-hydrogen) atoms. The summed E-state index contributed by atoms with van der Waals surface area (Å²) in [5, 5.41) is 11.5. The fraction of sp³-hybridized carbons (Fsp3) is 0.600. The van der Waals surface area contributed by atoms with Gasteiger partial charge in [0, 0.05) is 18.1 Å². The molecular formula is C15H21Cl2NO2. The maximum absolute atomic E-state index is 10.3. The third kappa shape index (κ3) is 4.52. The van der Waals surface area contributed by atoms with E-state index in [1.165, 1.54) is 0 Å². The number of likely N-dealkylation sites (N-methyl/N-ethyl adjacent to an activating group) is 1. The summed E-state index contributed by atoms with van der Waals surface area (Å²) in [6.45, 7) is 1.99. The lowest BCUT2D eigenvalue weighted by atomic mass is 10.0. The predicted molar refractivity (Wildman–Crippen MR) is 82.9 cm³/mol. The van der Waals surface area contributed by atoms with Crippen LogP contribution in [0.2, 0.25) is 10.0 Å². The van der Waals surface area contributed by atoms with Gasteiger partial charge in [-0.25, -0.2) is 0 Å². The van der Waals surface area contributed by atoms with Crippen LogP contribution in [0, 0.1) is 0 Å². The Labute approximate surface area is 130 Å². The zero-order valence-electron chi connectivity index (χ0n) is 11.7. The molecule has 1 aromatic carbocycles. The first kappa shape index (κ1) is 15.9. The van der Waals surface area contributed by atoms with Gasteiger partial charge in [-0.15, -0.1) is 0 Å². The second-order valence-electron chi connectivity index (χ2n) is 5.59. The quantitative estimate of drug-likeness (QED) is 0.870. The van der Waals surface area contributed by atoms with E-state index in [2.05, 4.69) is 4.90 Å². The Morgan fingerprint density at radius 3 is 2.65 bits per heavy atom. The molecule has 0 amide bonds. The number of hydrogen-bond acceptors (Lipinski definition) is 3. The first-order valence-corrected chi connectivity index (χ1v) is 7.73. The number of rotatable bonds is 6. The number of hydrogen-bond donors (Lipinski definition) is 1. The largest absolute Gasteiger partial charge is 0.491 e. The SMILES string of the molecule is CN(CCOc1ccc(Cl)cc1Cl)CC1(O)CCCC1. The predicted octanol–water partition coefficient (Wildman–Crippen LogP) is 3.61. The summed E-state index contributed by atoms with van der Waals surface area (Å²) >= 11 is 11.9. The maximum Gasteiger partial charge on any atom is 0.138 e. The van der Waals surface area contributed by atoms with E-state index in [4.69, 9.17) is 27.9 Å². The van der Waals surface area contributed by atoms with E-state index in [-0.39, 0.29) is 0 Å². The molecule has 0 atom stereocenters. The van der Waals surface area contributed by atoms with Crippen LogP contribution in [-0.2, 0) is 0 Å². The van der Waals surface area contributed by atoms with Crippen molar-refractivity contribution in [2.45, 2.75) is 31.3 Å². The molecule has 3 nitrogen and oxygen atoms in total. The summed E-state index contributed by atoms with van der Waals surface area (Å²) in [6.07, 6.45) is 4.06. The Bertz CT molecular complexity index is 447. The smallest absolute Gasteiger partial charge is 0.138 e. The first-order valence-electron chi connectivity index (χ1n) is 6.97. The fourth-order valence-electron chi connectivity index (χ4n) is 2.68. The molecular weight excluding hydrogens is 297 g/mol. The van der Waals surface area contributed by atoms with Crippen LogP contribution in [0.5, 0.6) is 5.75 Å². The van der Waals surface area contributed by atoms with E-state index < -0.39 is 5.60 Å². The van der Waals surface area contributed by atoms with Gasteiger partial charge >= 0.3 is 0 Å². The monoisotopic (exact) mass is 317 g/mol. The van der Waals surface area contributed by atoms with Gasteiger partial charge < -0.3 is 14.7 Å². The van der Waals surface area contributed by atoms with Crippen molar-refractivity contribution in [1.82, 2.24) is 4.90 Å². The number of ether oxygens (including phenoxy) is 1. The molecule has 0 spiro atoms. The lowest BCUT2D eigenvalue weighted by molar-refractivity contribution is 0.0139. The molecule has 1 aliphatic carbocycles. The molecule has 1 aromatic rings. The highest BCUT2D eigenvalue weighted by Gasteiger charge is 2.31. The molecule has 0 unspecified atom stereocenters. The van der Waals surface area contributed by atoms with Gasteiger partial charge in [-0.2, -0.15) is 0 Å². The summed E-state index contributed by atoms with van der Waals surface area (Å²) in [5.74, 6) is 0.643. The van der Waals surface area contributed by atoms with Gasteiger partial charge in [0.1, 0.15) is 12.4 Å². The number of halogens is 2. The lowest BCUT2D eigenvalue weighted by Crippen LogP contribution is -2.40. The minimum Gasteiger partial charge on any atom is -0.491 e. The fourth-order valence-corrected chi connectivity index (χ4v) is 3.14. The first-order chi connectivity index (χ1) is 9.48. The Morgan fingerprint density at radius 1 is 1.30 bits per heavy atom. The molecule has 1 fully saturated rings. The Kier molecular flexibility index (Phi) is 5.56. The average Bonchev–Trinajstić information content (AvgIpc) is 2.78. The Balaban J connectivity index is 1.75. The van der Waals surface area contributed by atoms with Crippen LogP contribution >= 0.6 is 23.2 Å². The lowest BCUT2D eigenvalue weighted by Gasteiger charge is -2.28. The van der Waals surface area contributed by atoms with Crippen LogP contribution in [0.25, 0.3) is 0 Å². The Hall–Kier alpha value is -0.480. The van der Waals surface area contributed by atoms with Crippen LogP contribution in [0.3, 0.4) is 0 Å². The summed E-state index contributed by atoms with van der Waals surface area (Å²) in [4.78, 5) is 2.11. The van der Waals surface area contributed by atoms with E-state index in [1.54, 1.807) is 18.2 Å². The van der Waals surface area contributed by atoms with Crippen LogP contribution < -0.4 is 4.74 Å². The molecule has 0 radical (unpaired) electrons. The standard InChI is InChI=1S/C15H21Cl2NO2/c1-18(11-15(19)6-2-3-7-15)8-9-20-14-5-4-12(16)10-13(14)17/h4-5,10,19H,2-3,6-9,11H2,1H3. The average molecular weight is 318 g/mol. The molecule has 2 rings (SSSR count). The number of aliphatic hydroxyl groups is 1. The minimum atomic E-state index is -0.507. The van der Waals surface area contributed by atoms with Gasteiger partial charge in [-0.1, -0.05) is 36.0 Å². The van der Waals surface area contributed by atoms with Crippen molar-refractivity contribution in [2.24, 2.45) is 0 Å². The van der Waals surface area contributed by atoms with E-state index in [9.17, 15) is 5.11 Å². The van der Waals surface area contributed by atoms with E-state index in [1.807, 2.05) is 7.05 Å². The molecule has 0 bridgehead atoms. The highest BCUT2D eigenvalue weighted by molar-refractivity contribution is 6.35. The van der Waals surface area contributed by atoms with Crippen molar-refractivity contribution in [1.29, 1.82) is 0 Å². The van der Waals surface area contributed by atoms with E-state index in [0.717, 1.165) is 32.2 Å². The molecule has 112 valence electrons. The van der Waals surface area contributed by atoms with Crippen molar-refractivity contribution in [3.63, 3.8) is 0 Å². The van der Waals surface area contributed by atoms with E-state index in [0.29, 0.717) is 28.9 Å². The van der Waals surface area contributed by atoms with Crippen molar-refractivity contribution >= 4 is 23.2 Å². The summed E-state index contributed by atoms with van der Waals surface area (Å²) < 4.78 is 5.65. The van der Waals surface area contributed by atoms with Crippen molar-refractivity contribution in [2.75, 3.05) is 26.7 Å². The summed E-state index contributed by atoms with van der Waals surface area (Å²) in [7, 11) is 2.00. The Morgan fingerprint density at radius 2 is 2.00 bits per heavy atom. The van der Waals surface area contributed by atoms with Crippen molar-refractivity contribution < 1.29 is 9.84 Å². The second kappa shape index (κ2) is 6.99. The third-order valence-electron chi connectivity index (χ3n) is 3.72. The molecule has 1 N–H and O–H groups in total. The molecule has 5 heteroatoms. The zero-order valence-corrected chi connectivity index (χ0v) is 13.3. The van der Waals surface area contributed by atoms with Gasteiger partial charge in [0.25, 0.3) is 0 Å². The summed E-state index contributed by atoms with van der Waals surface area (Å²) in [6, 6.07) is 5.20. The van der Waals surface area contributed by atoms with Crippen LogP contribution in [0.15, 0.2) is 18.2 Å². The van der Waals surface area contributed by atoms with Crippen LogP contribution in [0.1, 0.15) is 25.7 Å². The van der Waals surface area contributed by atoms with Crippen LogP contribution in [0.4, 0.5) is 0 Å². The van der Waals surface area contributed by atoms with Gasteiger partial charge in [-0.05, 0) is 38.1 Å². The topological polar surface area (TPSA) is 32.7 Å². The van der Waals surface area contributed by atoms with Gasteiger partial charge in [0.15, 0.2) is 0 Å². The highest BCUT2D eigenvalue weighted by atomic mass is 35.5. The zero-order chi connectivity index (χ0) is 14.6. The second-order valence-corrected chi connectivity index (χ2v) is 6.44. The normalized spacial score (nSPS) is 17.6. The molecule has 1 saturated carbocycles. The van der Waals surface area contributed by atoms with Crippen molar-refractivity contribution in [3.05, 3.63) is 28.2 Å². The molecule has 0 heterocycles. The van der Waals surface area contributed by atoms with Crippen LogP contribution in [-0.4, -0.2) is 42.4 Å². The van der Waals surface area contributed by atoms with Gasteiger partial charge in [0.05, 0.1) is 10.6 Å². The third-order valence-corrected chi connectivity index (χ3v) is 4.25. The van der Waals surface area contributed by atoms with Crippen molar-refractivity contribution in [3.8, 4) is 5.75 Å².